The van der Waals surface area contributed by atoms with Crippen molar-refractivity contribution in [3.63, 3.8) is 0 Å². The number of carboxylic acid groups (broad SMARTS) is 1. The minimum Gasteiger partial charge on any atom is -0.449 e. The van der Waals surface area contributed by atoms with Gasteiger partial charge in [0.1, 0.15) is 0 Å². The molecule has 9 aromatic rings. The molecule has 0 unspecified atom stereocenters. The molecular formula is C49H34O3S. The second-order valence-electron chi connectivity index (χ2n) is 13.0. The molecule has 0 radical (unpaired) electrons. The van der Waals surface area contributed by atoms with E-state index in [0.29, 0.717) is 0 Å². The van der Waals surface area contributed by atoms with E-state index in [9.17, 15) is 9.90 Å². The molecule has 4 heteroatoms. The Labute approximate surface area is 309 Å². The third-order valence-corrected chi connectivity index (χ3v) is 13.3. The van der Waals surface area contributed by atoms with Gasteiger partial charge in [-0.3, -0.25) is 0 Å². The summed E-state index contributed by atoms with van der Waals surface area (Å²) in [5.74, 6) is 0. The molecule has 0 atom stereocenters. The fraction of sp³-hybridized carbons (Fsp3) is 0. The standard InChI is InChI=1S/C49H34O3S/c50-49(51)52-53(38-22-3-1-4-23-38,39-24-5-2-6-25-39)48-46(44-30-14-20-35-17-8-11-27-41(35)44)32-37(43-29-13-19-34-16-7-10-26-40(34)43)33-47(48)45-31-15-21-36-18-9-12-28-42(36)45/h1-33H,(H,50,51). The van der Waals surface area contributed by atoms with E-state index in [1.807, 2.05) is 60.7 Å². The third kappa shape index (κ3) is 5.61. The number of rotatable bonds is 7. The summed E-state index contributed by atoms with van der Waals surface area (Å²) in [6.45, 7) is 0. The zero-order valence-electron chi connectivity index (χ0n) is 28.7. The maximum absolute atomic E-state index is 13.3. The first-order chi connectivity index (χ1) is 26.1. The van der Waals surface area contributed by atoms with E-state index in [4.69, 9.17) is 4.18 Å². The van der Waals surface area contributed by atoms with Gasteiger partial charge < -0.3 is 9.29 Å². The van der Waals surface area contributed by atoms with E-state index in [2.05, 4.69) is 140 Å². The predicted molar refractivity (Wildman–Crippen MR) is 220 cm³/mol. The largest absolute Gasteiger partial charge is 0.517 e. The van der Waals surface area contributed by atoms with Crippen LogP contribution in [0.1, 0.15) is 0 Å². The highest BCUT2D eigenvalue weighted by Gasteiger charge is 2.41. The second kappa shape index (κ2) is 13.5. The average molecular weight is 703 g/mol. The summed E-state index contributed by atoms with van der Waals surface area (Å²) in [6, 6.07) is 68.7. The molecule has 53 heavy (non-hydrogen) atoms. The van der Waals surface area contributed by atoms with Crippen LogP contribution in [0.3, 0.4) is 0 Å². The second-order valence-corrected chi connectivity index (χ2v) is 15.6. The average Bonchev–Trinajstić information content (AvgIpc) is 3.22. The molecule has 0 aliphatic carbocycles. The highest BCUT2D eigenvalue weighted by molar-refractivity contribution is 8.30. The number of fused-ring (bicyclic) bond motifs is 3. The Bertz CT molecular complexity index is 2640. The zero-order chi connectivity index (χ0) is 35.8. The predicted octanol–water partition coefficient (Wildman–Crippen LogP) is 14.0. The van der Waals surface area contributed by atoms with E-state index in [1.54, 1.807) is 0 Å². The molecule has 9 rings (SSSR count). The van der Waals surface area contributed by atoms with Crippen molar-refractivity contribution < 1.29 is 14.1 Å². The van der Waals surface area contributed by atoms with Crippen molar-refractivity contribution in [2.75, 3.05) is 0 Å². The lowest BCUT2D eigenvalue weighted by molar-refractivity contribution is 0.150. The Kier molecular flexibility index (Phi) is 8.22. The van der Waals surface area contributed by atoms with Crippen LogP contribution in [-0.4, -0.2) is 11.3 Å². The lowest BCUT2D eigenvalue weighted by atomic mass is 9.88. The summed E-state index contributed by atoms with van der Waals surface area (Å²) >= 11 is 0. The van der Waals surface area contributed by atoms with E-state index < -0.39 is 16.5 Å². The normalized spacial score (nSPS) is 11.8. The molecule has 0 aromatic heterocycles. The minimum atomic E-state index is -2.97. The first-order valence-electron chi connectivity index (χ1n) is 17.6. The van der Waals surface area contributed by atoms with Gasteiger partial charge in [-0.2, -0.15) is 0 Å². The molecule has 254 valence electrons. The Morgan fingerprint density at radius 1 is 0.396 bits per heavy atom. The monoisotopic (exact) mass is 702 g/mol. The first kappa shape index (κ1) is 32.3. The molecule has 0 spiro atoms. The quantitative estimate of drug-likeness (QED) is 0.180. The summed E-state index contributed by atoms with van der Waals surface area (Å²) in [4.78, 5) is 15.7. The van der Waals surface area contributed by atoms with Crippen molar-refractivity contribution in [1.29, 1.82) is 0 Å². The number of carbonyl (C=O) groups is 1. The van der Waals surface area contributed by atoms with Gasteiger partial charge in [0.2, 0.25) is 0 Å². The number of hydrogen-bond acceptors (Lipinski definition) is 2. The summed E-state index contributed by atoms with van der Waals surface area (Å²) < 4.78 is 6.56. The van der Waals surface area contributed by atoms with E-state index in [-0.39, 0.29) is 0 Å². The van der Waals surface area contributed by atoms with Crippen LogP contribution in [0.4, 0.5) is 4.79 Å². The number of hydrogen-bond donors (Lipinski definition) is 1. The molecule has 9 aromatic carbocycles. The van der Waals surface area contributed by atoms with Gasteiger partial charge in [0.15, 0.2) is 0 Å². The summed E-state index contributed by atoms with van der Waals surface area (Å²) in [5.41, 5.74) is 5.95. The summed E-state index contributed by atoms with van der Waals surface area (Å²) in [5, 5.41) is 17.5. The van der Waals surface area contributed by atoms with Crippen molar-refractivity contribution in [3.8, 4) is 33.4 Å². The van der Waals surface area contributed by atoms with Crippen molar-refractivity contribution in [2.45, 2.75) is 14.7 Å². The summed E-state index contributed by atoms with van der Waals surface area (Å²) in [6.07, 6.45) is -1.33. The molecule has 0 amide bonds. The van der Waals surface area contributed by atoms with Crippen LogP contribution in [0.5, 0.6) is 0 Å². The van der Waals surface area contributed by atoms with Crippen LogP contribution >= 0.6 is 10.3 Å². The highest BCUT2D eigenvalue weighted by Crippen LogP contribution is 2.73. The van der Waals surface area contributed by atoms with Crippen LogP contribution < -0.4 is 0 Å². The van der Waals surface area contributed by atoms with Gasteiger partial charge in [-0.1, -0.05) is 164 Å². The molecule has 3 nitrogen and oxygen atoms in total. The molecule has 0 bridgehead atoms. The molecule has 0 fully saturated rings. The van der Waals surface area contributed by atoms with Crippen LogP contribution in [0.2, 0.25) is 0 Å². The molecule has 0 heterocycles. The van der Waals surface area contributed by atoms with Gasteiger partial charge in [0, 0.05) is 14.7 Å². The Balaban J connectivity index is 1.55. The van der Waals surface area contributed by atoms with Gasteiger partial charge in [0.25, 0.3) is 0 Å². The molecule has 1 N–H and O–H groups in total. The molecule has 0 aliphatic rings. The van der Waals surface area contributed by atoms with Gasteiger partial charge in [-0.05, 0) is 112 Å². The molecule has 0 aliphatic heterocycles. The lowest BCUT2D eigenvalue weighted by Gasteiger charge is -2.41. The Morgan fingerprint density at radius 2 is 0.755 bits per heavy atom. The fourth-order valence-corrected chi connectivity index (χ4v) is 11.0. The maximum Gasteiger partial charge on any atom is 0.517 e. The number of benzene rings is 9. The van der Waals surface area contributed by atoms with Crippen molar-refractivity contribution in [3.05, 3.63) is 200 Å². The highest BCUT2D eigenvalue weighted by atomic mass is 32.3. The SMILES string of the molecule is O=C(O)OS(c1ccccc1)(c1ccccc1)c1c(-c2cccc3ccccc23)cc(-c2cccc3ccccc23)cc1-c1cccc2ccccc12. The van der Waals surface area contributed by atoms with Crippen LogP contribution in [0.25, 0.3) is 65.7 Å². The Hall–Kier alpha value is -6.62. The Morgan fingerprint density at radius 3 is 1.19 bits per heavy atom. The van der Waals surface area contributed by atoms with Crippen LogP contribution in [-0.2, 0) is 4.18 Å². The molecule has 0 saturated heterocycles. The topological polar surface area (TPSA) is 46.5 Å². The fourth-order valence-electron chi connectivity index (χ4n) is 7.73. The maximum atomic E-state index is 13.3. The zero-order valence-corrected chi connectivity index (χ0v) is 29.5. The van der Waals surface area contributed by atoms with Crippen LogP contribution in [0, 0.1) is 0 Å². The molecule has 0 saturated carbocycles. The van der Waals surface area contributed by atoms with Crippen LogP contribution in [0.15, 0.2) is 215 Å². The summed E-state index contributed by atoms with van der Waals surface area (Å²) in [7, 11) is -2.97. The van der Waals surface area contributed by atoms with Crippen molar-refractivity contribution in [1.82, 2.24) is 0 Å². The van der Waals surface area contributed by atoms with Gasteiger partial charge >= 0.3 is 6.16 Å². The van der Waals surface area contributed by atoms with E-state index in [0.717, 1.165) is 80.4 Å². The molecular weight excluding hydrogens is 669 g/mol. The van der Waals surface area contributed by atoms with Crippen molar-refractivity contribution >= 4 is 48.8 Å². The van der Waals surface area contributed by atoms with E-state index >= 15 is 0 Å². The minimum absolute atomic E-state index is 0.787. The van der Waals surface area contributed by atoms with Gasteiger partial charge in [-0.15, -0.1) is 0 Å². The van der Waals surface area contributed by atoms with Gasteiger partial charge in [0.05, 0.1) is 0 Å². The smallest absolute Gasteiger partial charge is 0.449 e. The first-order valence-corrected chi connectivity index (χ1v) is 19.2. The van der Waals surface area contributed by atoms with Crippen molar-refractivity contribution in [2.24, 2.45) is 0 Å². The lowest BCUT2D eigenvalue weighted by Crippen LogP contribution is -2.14. The third-order valence-electron chi connectivity index (χ3n) is 9.98. The van der Waals surface area contributed by atoms with E-state index in [1.165, 1.54) is 0 Å². The van der Waals surface area contributed by atoms with Gasteiger partial charge in [-0.25, -0.2) is 4.79 Å².